The molecule has 1 aliphatic rings. The van der Waals surface area contributed by atoms with Crippen molar-refractivity contribution in [3.8, 4) is 11.6 Å². The molecule has 13 heteroatoms. The van der Waals surface area contributed by atoms with Gasteiger partial charge in [-0.2, -0.15) is 13.2 Å². The van der Waals surface area contributed by atoms with Crippen molar-refractivity contribution >= 4 is 44.9 Å². The standard InChI is InChI=1S/C30H31BrF4N4O4/c1-15(2)39(28(40)18-7-5-16(3)6-8-18)24-13-22(32)25(12-20(24)29(41)42)43-27-21(30(33,34)35)11-19(14-36-27)38-23-9-10-26(31)37-17(23)4/h9-16,18,38H,5-8H2,1-4H3,(H,41,42). The number of amides is 1. The Morgan fingerprint density at radius 3 is 2.40 bits per heavy atom. The van der Waals surface area contributed by atoms with E-state index in [1.807, 2.05) is 0 Å². The first-order chi connectivity index (χ1) is 20.1. The quantitative estimate of drug-likeness (QED) is 0.183. The number of hydrogen-bond donors (Lipinski definition) is 2. The number of carbonyl (C=O) groups excluding carboxylic acids is 1. The second-order valence-electron chi connectivity index (χ2n) is 10.9. The first-order valence-electron chi connectivity index (χ1n) is 13.7. The molecule has 0 atom stereocenters. The normalized spacial score (nSPS) is 17.1. The number of aromatic nitrogens is 2. The first-order valence-corrected chi connectivity index (χ1v) is 14.5. The largest absolute Gasteiger partial charge is 0.478 e. The van der Waals surface area contributed by atoms with Crippen LogP contribution in [0.2, 0.25) is 0 Å². The number of rotatable bonds is 8. The van der Waals surface area contributed by atoms with Crippen LogP contribution in [-0.4, -0.2) is 33.0 Å². The molecule has 0 aliphatic heterocycles. The Morgan fingerprint density at radius 1 is 1.14 bits per heavy atom. The monoisotopic (exact) mass is 666 g/mol. The Morgan fingerprint density at radius 2 is 1.81 bits per heavy atom. The van der Waals surface area contributed by atoms with E-state index < -0.39 is 46.8 Å². The van der Waals surface area contributed by atoms with Crippen molar-refractivity contribution in [2.75, 3.05) is 10.2 Å². The highest BCUT2D eigenvalue weighted by Gasteiger charge is 2.37. The van der Waals surface area contributed by atoms with Crippen molar-refractivity contribution in [2.45, 2.75) is 65.6 Å². The summed E-state index contributed by atoms with van der Waals surface area (Å²) < 4.78 is 63.4. The number of nitrogens with one attached hydrogen (secondary N) is 1. The minimum Gasteiger partial charge on any atom is -0.478 e. The van der Waals surface area contributed by atoms with Gasteiger partial charge in [-0.05, 0) is 86.5 Å². The molecule has 2 heterocycles. The van der Waals surface area contributed by atoms with Crippen LogP contribution in [0.4, 0.5) is 34.6 Å². The summed E-state index contributed by atoms with van der Waals surface area (Å²) in [5, 5.41) is 12.8. The van der Waals surface area contributed by atoms with Crippen LogP contribution in [0.1, 0.15) is 68.1 Å². The third kappa shape index (κ3) is 7.43. The van der Waals surface area contributed by atoms with Gasteiger partial charge in [-0.3, -0.25) is 4.79 Å². The lowest BCUT2D eigenvalue weighted by Gasteiger charge is -2.34. The van der Waals surface area contributed by atoms with E-state index >= 15 is 4.39 Å². The highest BCUT2D eigenvalue weighted by molar-refractivity contribution is 9.10. The number of pyridine rings is 2. The topological polar surface area (TPSA) is 105 Å². The van der Waals surface area contributed by atoms with E-state index in [1.54, 1.807) is 32.9 Å². The lowest BCUT2D eigenvalue weighted by atomic mass is 9.82. The molecule has 1 aliphatic carbocycles. The third-order valence-corrected chi connectivity index (χ3v) is 7.79. The molecule has 1 amide bonds. The summed E-state index contributed by atoms with van der Waals surface area (Å²) in [4.78, 5) is 35.0. The maximum atomic E-state index is 15.4. The third-order valence-electron chi connectivity index (χ3n) is 7.35. The molecule has 0 radical (unpaired) electrons. The van der Waals surface area contributed by atoms with E-state index in [4.69, 9.17) is 4.74 Å². The predicted molar refractivity (Wildman–Crippen MR) is 156 cm³/mol. The van der Waals surface area contributed by atoms with E-state index in [0.29, 0.717) is 34.7 Å². The van der Waals surface area contributed by atoms with Gasteiger partial charge in [-0.15, -0.1) is 0 Å². The molecule has 1 saturated carbocycles. The van der Waals surface area contributed by atoms with Crippen molar-refractivity contribution in [2.24, 2.45) is 11.8 Å². The van der Waals surface area contributed by atoms with Crippen molar-refractivity contribution in [1.29, 1.82) is 0 Å². The number of carboxylic acid groups (broad SMARTS) is 1. The lowest BCUT2D eigenvalue weighted by Crippen LogP contribution is -2.43. The second-order valence-corrected chi connectivity index (χ2v) is 11.7. The predicted octanol–water partition coefficient (Wildman–Crippen LogP) is 8.51. The van der Waals surface area contributed by atoms with Gasteiger partial charge in [0.2, 0.25) is 11.8 Å². The first kappa shape index (κ1) is 32.2. The molecule has 0 saturated heterocycles. The molecule has 43 heavy (non-hydrogen) atoms. The molecule has 2 aromatic heterocycles. The number of nitrogens with zero attached hydrogens (tertiary/aromatic N) is 3. The van der Waals surface area contributed by atoms with Gasteiger partial charge < -0.3 is 20.1 Å². The number of ether oxygens (including phenoxy) is 1. The number of carboxylic acids is 1. The second kappa shape index (κ2) is 12.9. The minimum atomic E-state index is -4.95. The summed E-state index contributed by atoms with van der Waals surface area (Å²) in [5.74, 6) is -4.60. The zero-order valence-corrected chi connectivity index (χ0v) is 25.5. The summed E-state index contributed by atoms with van der Waals surface area (Å²) in [6, 6.07) is 5.06. The highest BCUT2D eigenvalue weighted by Crippen LogP contribution is 2.41. The molecular weight excluding hydrogens is 636 g/mol. The average Bonchev–Trinajstić information content (AvgIpc) is 2.91. The van der Waals surface area contributed by atoms with Crippen LogP contribution in [-0.2, 0) is 11.0 Å². The van der Waals surface area contributed by atoms with Crippen LogP contribution < -0.4 is 15.0 Å². The van der Waals surface area contributed by atoms with Crippen molar-refractivity contribution in [3.05, 3.63) is 63.8 Å². The number of anilines is 3. The van der Waals surface area contributed by atoms with E-state index in [9.17, 15) is 27.9 Å². The molecule has 1 fully saturated rings. The fraction of sp³-hybridized carbons (Fsp3) is 0.400. The number of carbonyl (C=O) groups is 2. The van der Waals surface area contributed by atoms with Crippen LogP contribution in [0.15, 0.2) is 41.1 Å². The van der Waals surface area contributed by atoms with Gasteiger partial charge >= 0.3 is 12.1 Å². The van der Waals surface area contributed by atoms with Gasteiger partial charge in [0.15, 0.2) is 11.6 Å². The molecule has 0 bridgehead atoms. The highest BCUT2D eigenvalue weighted by atomic mass is 79.9. The maximum Gasteiger partial charge on any atom is 0.421 e. The zero-order chi connectivity index (χ0) is 31.6. The number of hydrogen-bond acceptors (Lipinski definition) is 6. The van der Waals surface area contributed by atoms with Gasteiger partial charge in [0.1, 0.15) is 10.2 Å². The fourth-order valence-electron chi connectivity index (χ4n) is 5.07. The van der Waals surface area contributed by atoms with Crippen molar-refractivity contribution in [3.63, 3.8) is 0 Å². The SMILES string of the molecule is Cc1nc(Br)ccc1Nc1cnc(Oc2cc(C(=O)O)c(N(C(=O)C3CCC(C)CC3)C(C)C)cc2F)c(C(F)(F)F)c1. The maximum absolute atomic E-state index is 15.4. The summed E-state index contributed by atoms with van der Waals surface area (Å²) in [6.45, 7) is 7.12. The molecule has 0 unspecified atom stereocenters. The Balaban J connectivity index is 1.70. The molecule has 2 N–H and O–H groups in total. The molecule has 4 rings (SSSR count). The van der Waals surface area contributed by atoms with Crippen LogP contribution in [0, 0.1) is 24.6 Å². The number of aryl methyl sites for hydroxylation is 1. The summed E-state index contributed by atoms with van der Waals surface area (Å²) >= 11 is 3.22. The smallest absolute Gasteiger partial charge is 0.421 e. The van der Waals surface area contributed by atoms with Gasteiger partial charge in [-0.25, -0.2) is 19.2 Å². The molecule has 230 valence electrons. The fourth-order valence-corrected chi connectivity index (χ4v) is 5.47. The molecular formula is C30H31BrF4N4O4. The van der Waals surface area contributed by atoms with Gasteiger partial charge in [0, 0.05) is 24.1 Å². The van der Waals surface area contributed by atoms with Crippen molar-refractivity contribution < 1.29 is 37.0 Å². The van der Waals surface area contributed by atoms with E-state index in [-0.39, 0.29) is 23.2 Å². The average molecular weight is 667 g/mol. The number of alkyl halides is 3. The van der Waals surface area contributed by atoms with Gasteiger partial charge in [0.05, 0.1) is 34.5 Å². The van der Waals surface area contributed by atoms with Crippen LogP contribution in [0.3, 0.4) is 0 Å². The number of aromatic carboxylic acids is 1. The van der Waals surface area contributed by atoms with E-state index in [2.05, 4.69) is 38.1 Å². The summed E-state index contributed by atoms with van der Waals surface area (Å²) in [6.07, 6.45) is -0.929. The van der Waals surface area contributed by atoms with Crippen molar-refractivity contribution in [1.82, 2.24) is 9.97 Å². The molecule has 8 nitrogen and oxygen atoms in total. The zero-order valence-electron chi connectivity index (χ0n) is 23.9. The molecule has 1 aromatic carbocycles. The van der Waals surface area contributed by atoms with E-state index in [1.165, 1.54) is 4.90 Å². The van der Waals surface area contributed by atoms with E-state index in [0.717, 1.165) is 37.2 Å². The molecule has 3 aromatic rings. The van der Waals surface area contributed by atoms with Crippen LogP contribution in [0.5, 0.6) is 11.6 Å². The number of halogens is 5. The Hall–Kier alpha value is -3.74. The lowest BCUT2D eigenvalue weighted by molar-refractivity contribution is -0.138. The Kier molecular flexibility index (Phi) is 9.63. The van der Waals surface area contributed by atoms with Gasteiger partial charge in [0.25, 0.3) is 0 Å². The number of benzene rings is 1. The molecule has 0 spiro atoms. The minimum absolute atomic E-state index is 0.0304. The van der Waals surface area contributed by atoms with Crippen LogP contribution >= 0.6 is 15.9 Å². The summed E-state index contributed by atoms with van der Waals surface area (Å²) in [5.41, 5.74) is -1.08. The Bertz CT molecular complexity index is 1520. The van der Waals surface area contributed by atoms with Crippen LogP contribution in [0.25, 0.3) is 0 Å². The Labute approximate surface area is 254 Å². The summed E-state index contributed by atoms with van der Waals surface area (Å²) in [7, 11) is 0. The van der Waals surface area contributed by atoms with Gasteiger partial charge in [-0.1, -0.05) is 6.92 Å².